The highest BCUT2D eigenvalue weighted by atomic mass is 32.2. The molecule has 0 saturated carbocycles. The number of rotatable bonds is 7. The predicted molar refractivity (Wildman–Crippen MR) is 115 cm³/mol. The van der Waals surface area contributed by atoms with E-state index in [4.69, 9.17) is 0 Å². The van der Waals surface area contributed by atoms with Crippen LogP contribution >= 0.6 is 11.8 Å². The SMILES string of the molecule is CC[C@@H](C)c1ccc(NC(=O)CSc2nnc(C)n2-c2ccc(C)cc2)cc1. The zero-order chi connectivity index (χ0) is 20.1. The summed E-state index contributed by atoms with van der Waals surface area (Å²) in [5.74, 6) is 1.54. The minimum Gasteiger partial charge on any atom is -0.325 e. The zero-order valence-corrected chi connectivity index (χ0v) is 17.6. The number of hydrogen-bond donors (Lipinski definition) is 1. The van der Waals surface area contributed by atoms with Crippen molar-refractivity contribution in [3.05, 3.63) is 65.5 Å². The van der Waals surface area contributed by atoms with Crippen molar-refractivity contribution in [1.29, 1.82) is 0 Å². The second-order valence-corrected chi connectivity index (χ2v) is 7.91. The lowest BCUT2D eigenvalue weighted by Gasteiger charge is -2.11. The molecule has 0 bridgehead atoms. The molecule has 146 valence electrons. The standard InChI is InChI=1S/C22H26N4OS/c1-5-16(3)18-8-10-19(11-9-18)23-21(27)14-28-22-25-24-17(4)26(22)20-12-6-15(2)7-13-20/h6-13,16H,5,14H2,1-4H3,(H,23,27)/t16-/m1/s1. The molecule has 6 heteroatoms. The Hall–Kier alpha value is -2.60. The third-order valence-corrected chi connectivity index (χ3v) is 5.72. The van der Waals surface area contributed by atoms with Crippen LogP contribution in [0.25, 0.3) is 5.69 Å². The first-order valence-corrected chi connectivity index (χ1v) is 10.5. The Morgan fingerprint density at radius 3 is 2.39 bits per heavy atom. The zero-order valence-electron chi connectivity index (χ0n) is 16.8. The van der Waals surface area contributed by atoms with Crippen LogP contribution in [0, 0.1) is 13.8 Å². The van der Waals surface area contributed by atoms with Gasteiger partial charge in [-0.2, -0.15) is 0 Å². The normalized spacial score (nSPS) is 12.0. The number of carbonyl (C=O) groups is 1. The van der Waals surface area contributed by atoms with Gasteiger partial charge in [0.1, 0.15) is 5.82 Å². The van der Waals surface area contributed by atoms with Crippen molar-refractivity contribution in [3.63, 3.8) is 0 Å². The molecule has 0 aliphatic heterocycles. The highest BCUT2D eigenvalue weighted by Gasteiger charge is 2.13. The van der Waals surface area contributed by atoms with Crippen molar-refractivity contribution >= 4 is 23.4 Å². The monoisotopic (exact) mass is 394 g/mol. The summed E-state index contributed by atoms with van der Waals surface area (Å²) in [5.41, 5.74) is 4.30. The van der Waals surface area contributed by atoms with Crippen molar-refractivity contribution in [2.75, 3.05) is 11.1 Å². The molecular formula is C22H26N4OS. The summed E-state index contributed by atoms with van der Waals surface area (Å²) < 4.78 is 1.97. The van der Waals surface area contributed by atoms with E-state index in [1.807, 2.05) is 35.8 Å². The first kappa shape index (κ1) is 20.1. The Bertz CT molecular complexity index is 932. The second kappa shape index (κ2) is 9.06. The Morgan fingerprint density at radius 1 is 1.07 bits per heavy atom. The molecule has 0 radical (unpaired) electrons. The van der Waals surface area contributed by atoms with E-state index in [2.05, 4.69) is 60.6 Å². The van der Waals surface area contributed by atoms with Gasteiger partial charge in [0.15, 0.2) is 5.16 Å². The van der Waals surface area contributed by atoms with E-state index >= 15 is 0 Å². The third-order valence-electron chi connectivity index (χ3n) is 4.80. The van der Waals surface area contributed by atoms with E-state index in [0.717, 1.165) is 23.6 Å². The molecule has 1 amide bonds. The van der Waals surface area contributed by atoms with Gasteiger partial charge in [0.2, 0.25) is 5.91 Å². The summed E-state index contributed by atoms with van der Waals surface area (Å²) in [7, 11) is 0. The molecule has 1 N–H and O–H groups in total. The van der Waals surface area contributed by atoms with Gasteiger partial charge in [0, 0.05) is 11.4 Å². The molecule has 3 rings (SSSR count). The summed E-state index contributed by atoms with van der Waals surface area (Å²) in [6, 6.07) is 16.3. The van der Waals surface area contributed by atoms with E-state index in [0.29, 0.717) is 11.1 Å². The molecule has 1 heterocycles. The van der Waals surface area contributed by atoms with Crippen LogP contribution in [0.2, 0.25) is 0 Å². The average Bonchev–Trinajstić information content (AvgIpc) is 3.07. The molecule has 1 atom stereocenters. The smallest absolute Gasteiger partial charge is 0.234 e. The fraction of sp³-hybridized carbons (Fsp3) is 0.318. The molecule has 5 nitrogen and oxygen atoms in total. The van der Waals surface area contributed by atoms with Gasteiger partial charge in [-0.3, -0.25) is 9.36 Å². The fourth-order valence-corrected chi connectivity index (χ4v) is 3.68. The van der Waals surface area contributed by atoms with Crippen molar-refractivity contribution in [1.82, 2.24) is 14.8 Å². The quantitative estimate of drug-likeness (QED) is 0.565. The van der Waals surface area contributed by atoms with Gasteiger partial charge >= 0.3 is 0 Å². The maximum Gasteiger partial charge on any atom is 0.234 e. The molecule has 0 saturated heterocycles. The van der Waals surface area contributed by atoms with Crippen LogP contribution < -0.4 is 5.32 Å². The topological polar surface area (TPSA) is 59.8 Å². The Morgan fingerprint density at radius 2 is 1.75 bits per heavy atom. The molecule has 0 unspecified atom stereocenters. The number of nitrogens with zero attached hydrogens (tertiary/aromatic N) is 3. The maximum absolute atomic E-state index is 12.4. The third kappa shape index (κ3) is 4.81. The maximum atomic E-state index is 12.4. The van der Waals surface area contributed by atoms with Crippen LogP contribution in [0.15, 0.2) is 53.7 Å². The van der Waals surface area contributed by atoms with Crippen molar-refractivity contribution in [3.8, 4) is 5.69 Å². The number of thioether (sulfide) groups is 1. The van der Waals surface area contributed by atoms with E-state index in [1.165, 1.54) is 22.9 Å². The molecule has 2 aromatic carbocycles. The molecule has 3 aromatic rings. The summed E-state index contributed by atoms with van der Waals surface area (Å²) >= 11 is 1.38. The van der Waals surface area contributed by atoms with E-state index in [9.17, 15) is 4.79 Å². The largest absolute Gasteiger partial charge is 0.325 e. The van der Waals surface area contributed by atoms with Gasteiger partial charge in [-0.25, -0.2) is 0 Å². The molecule has 0 aliphatic carbocycles. The van der Waals surface area contributed by atoms with Crippen LogP contribution in [0.3, 0.4) is 0 Å². The first-order chi connectivity index (χ1) is 13.5. The Balaban J connectivity index is 1.63. The number of nitrogens with one attached hydrogen (secondary N) is 1. The van der Waals surface area contributed by atoms with Crippen LogP contribution in [-0.2, 0) is 4.79 Å². The Labute approximate surface area is 170 Å². The predicted octanol–water partition coefficient (Wildman–Crippen LogP) is 5.13. The van der Waals surface area contributed by atoms with E-state index < -0.39 is 0 Å². The number of hydrogen-bond acceptors (Lipinski definition) is 4. The summed E-state index contributed by atoms with van der Waals surface area (Å²) in [6.45, 7) is 8.35. The fourth-order valence-electron chi connectivity index (χ4n) is 2.89. The highest BCUT2D eigenvalue weighted by molar-refractivity contribution is 7.99. The number of benzene rings is 2. The Kier molecular flexibility index (Phi) is 6.52. The van der Waals surface area contributed by atoms with Crippen LogP contribution in [0.5, 0.6) is 0 Å². The second-order valence-electron chi connectivity index (χ2n) is 6.97. The molecule has 0 spiro atoms. The molecular weight excluding hydrogens is 368 g/mol. The van der Waals surface area contributed by atoms with Crippen molar-refractivity contribution in [2.24, 2.45) is 0 Å². The first-order valence-electron chi connectivity index (χ1n) is 9.49. The molecule has 28 heavy (non-hydrogen) atoms. The number of amides is 1. The van der Waals surface area contributed by atoms with E-state index in [-0.39, 0.29) is 11.7 Å². The van der Waals surface area contributed by atoms with Gasteiger partial charge < -0.3 is 5.32 Å². The summed E-state index contributed by atoms with van der Waals surface area (Å²) in [5, 5.41) is 12.1. The van der Waals surface area contributed by atoms with Crippen LogP contribution in [0.1, 0.15) is 43.1 Å². The van der Waals surface area contributed by atoms with Gasteiger partial charge in [-0.05, 0) is 56.0 Å². The van der Waals surface area contributed by atoms with Gasteiger partial charge in [-0.15, -0.1) is 10.2 Å². The van der Waals surface area contributed by atoms with Gasteiger partial charge in [-0.1, -0.05) is 55.4 Å². The van der Waals surface area contributed by atoms with Crippen molar-refractivity contribution in [2.45, 2.75) is 45.2 Å². The summed E-state index contributed by atoms with van der Waals surface area (Å²) in [6.07, 6.45) is 1.10. The van der Waals surface area contributed by atoms with Gasteiger partial charge in [0.25, 0.3) is 0 Å². The van der Waals surface area contributed by atoms with Crippen LogP contribution in [-0.4, -0.2) is 26.4 Å². The van der Waals surface area contributed by atoms with Crippen molar-refractivity contribution < 1.29 is 4.79 Å². The van der Waals surface area contributed by atoms with Crippen LogP contribution in [0.4, 0.5) is 5.69 Å². The lowest BCUT2D eigenvalue weighted by atomic mass is 9.99. The van der Waals surface area contributed by atoms with E-state index in [1.54, 1.807) is 0 Å². The highest BCUT2D eigenvalue weighted by Crippen LogP contribution is 2.23. The number of aryl methyl sites for hydroxylation is 2. The lowest BCUT2D eigenvalue weighted by Crippen LogP contribution is -2.14. The number of carbonyl (C=O) groups excluding carboxylic acids is 1. The molecule has 0 fully saturated rings. The minimum absolute atomic E-state index is 0.0580. The summed E-state index contributed by atoms with van der Waals surface area (Å²) in [4.78, 5) is 12.4. The average molecular weight is 395 g/mol. The molecule has 1 aromatic heterocycles. The van der Waals surface area contributed by atoms with Gasteiger partial charge in [0.05, 0.1) is 5.75 Å². The number of anilines is 1. The molecule has 0 aliphatic rings. The lowest BCUT2D eigenvalue weighted by molar-refractivity contribution is -0.113. The number of aromatic nitrogens is 3. The minimum atomic E-state index is -0.0580.